The molecular formula is C12H27AlSi. The Balaban J connectivity index is 3.04. The van der Waals surface area contributed by atoms with Crippen LogP contribution < -0.4 is 0 Å². The van der Waals surface area contributed by atoms with Crippen LogP contribution >= 0.6 is 0 Å². The first kappa shape index (κ1) is 14.7. The molecule has 0 saturated heterocycles. The van der Waals surface area contributed by atoms with Gasteiger partial charge in [0.25, 0.3) is 14.1 Å². The maximum absolute atomic E-state index is 2.39. The highest BCUT2D eigenvalue weighted by Crippen LogP contribution is 2.10. The molecule has 0 unspecified atom stereocenters. The Morgan fingerprint density at radius 2 is 1.57 bits per heavy atom. The maximum Gasteiger partial charge on any atom is 0.260 e. The van der Waals surface area contributed by atoms with Gasteiger partial charge in [0.05, 0.1) is 0 Å². The van der Waals surface area contributed by atoms with Crippen molar-refractivity contribution in [3.63, 3.8) is 0 Å². The molecule has 2 radical (unpaired) electrons. The quantitative estimate of drug-likeness (QED) is 0.376. The molecule has 0 rings (SSSR count). The minimum atomic E-state index is -0.250. The summed E-state index contributed by atoms with van der Waals surface area (Å²) in [5.41, 5.74) is 0. The zero-order valence-electron chi connectivity index (χ0n) is 10.4. The van der Waals surface area contributed by atoms with Crippen molar-refractivity contribution in [2.24, 2.45) is 0 Å². The summed E-state index contributed by atoms with van der Waals surface area (Å²) in [4.78, 5) is 0. The number of unbranched alkanes of at least 4 members (excludes halogenated alkanes) is 3. The lowest BCUT2D eigenvalue weighted by Crippen LogP contribution is -2.09. The standard InChI is InChI=1S/C8H17Si.2C2H5.Al/c1-3-5-6-7-8-9-4-2;2*1-2;/h2-8H2,1H3;2*1H2,2H3;. The second-order valence-electron chi connectivity index (χ2n) is 4.28. The van der Waals surface area contributed by atoms with Crippen molar-refractivity contribution in [3.8, 4) is 0 Å². The molecule has 2 heteroatoms. The van der Waals surface area contributed by atoms with Crippen LogP contribution in [-0.4, -0.2) is 23.7 Å². The van der Waals surface area contributed by atoms with Gasteiger partial charge < -0.3 is 0 Å². The van der Waals surface area contributed by atoms with Crippen LogP contribution in [0.3, 0.4) is 0 Å². The van der Waals surface area contributed by atoms with Gasteiger partial charge in [-0.05, 0) is 0 Å². The van der Waals surface area contributed by atoms with Crippen molar-refractivity contribution in [1.29, 1.82) is 0 Å². The molecule has 0 heterocycles. The van der Waals surface area contributed by atoms with Crippen molar-refractivity contribution in [2.75, 3.05) is 0 Å². The van der Waals surface area contributed by atoms with Crippen LogP contribution in [0.1, 0.15) is 46.5 Å². The molecule has 0 aliphatic heterocycles. The molecule has 14 heavy (non-hydrogen) atoms. The summed E-state index contributed by atoms with van der Waals surface area (Å²) in [5, 5.41) is 4.67. The van der Waals surface area contributed by atoms with Crippen molar-refractivity contribution in [1.82, 2.24) is 0 Å². The third-order valence-corrected chi connectivity index (χ3v) is 8.43. The smallest absolute Gasteiger partial charge is 0.0967 e. The maximum atomic E-state index is 2.39. The Hall–Kier alpha value is 0.749. The molecule has 0 fully saturated rings. The molecule has 0 aliphatic carbocycles. The van der Waals surface area contributed by atoms with Gasteiger partial charge in [-0.2, -0.15) is 0 Å². The van der Waals surface area contributed by atoms with E-state index in [4.69, 9.17) is 0 Å². The van der Waals surface area contributed by atoms with Gasteiger partial charge in [0.15, 0.2) is 0 Å². The average molecular weight is 226 g/mol. The van der Waals surface area contributed by atoms with Crippen LogP contribution in [-0.2, 0) is 0 Å². The molecule has 0 aromatic heterocycles. The summed E-state index contributed by atoms with van der Waals surface area (Å²) < 4.78 is 0. The normalized spacial score (nSPS) is 10.5. The van der Waals surface area contributed by atoms with E-state index in [0.29, 0.717) is 0 Å². The number of hydrogen-bond donors (Lipinski definition) is 0. The zero-order chi connectivity index (χ0) is 10.6. The molecule has 0 atom stereocenters. The lowest BCUT2D eigenvalue weighted by Gasteiger charge is -2.05. The first-order valence-electron chi connectivity index (χ1n) is 6.55. The van der Waals surface area contributed by atoms with Crippen molar-refractivity contribution >= 4 is 23.7 Å². The van der Waals surface area contributed by atoms with E-state index >= 15 is 0 Å². The summed E-state index contributed by atoms with van der Waals surface area (Å²) in [6, 6.07) is 3.08. The zero-order valence-corrected chi connectivity index (χ0v) is 12.6. The summed E-state index contributed by atoms with van der Waals surface area (Å²) >= 11 is -0.250. The predicted molar refractivity (Wildman–Crippen MR) is 71.0 cm³/mol. The second kappa shape index (κ2) is 11.8. The third kappa shape index (κ3) is 9.31. The van der Waals surface area contributed by atoms with E-state index in [9.17, 15) is 0 Å². The fourth-order valence-corrected chi connectivity index (χ4v) is 6.40. The van der Waals surface area contributed by atoms with Crippen molar-refractivity contribution in [2.45, 2.75) is 74.4 Å². The minimum absolute atomic E-state index is 0.250. The van der Waals surface area contributed by atoms with E-state index in [0.717, 1.165) is 0 Å². The molecule has 0 bridgehead atoms. The Bertz CT molecular complexity index is 102. The summed E-state index contributed by atoms with van der Waals surface area (Å²) in [7, 11) is 1.28. The summed E-state index contributed by atoms with van der Waals surface area (Å²) in [6.45, 7) is 7.08. The lowest BCUT2D eigenvalue weighted by molar-refractivity contribution is 0.700. The molecule has 0 aliphatic rings. The largest absolute Gasteiger partial charge is 0.260 e. The topological polar surface area (TPSA) is 0 Å². The van der Waals surface area contributed by atoms with Gasteiger partial charge in [-0.25, -0.2) is 0 Å². The highest BCUT2D eigenvalue weighted by atomic mass is 28.2. The van der Waals surface area contributed by atoms with Crippen LogP contribution in [0.5, 0.6) is 0 Å². The monoisotopic (exact) mass is 226 g/mol. The van der Waals surface area contributed by atoms with Crippen molar-refractivity contribution < 1.29 is 0 Å². The lowest BCUT2D eigenvalue weighted by atomic mass is 10.2. The van der Waals surface area contributed by atoms with Gasteiger partial charge in [-0.15, -0.1) is 0 Å². The summed E-state index contributed by atoms with van der Waals surface area (Å²) in [5.74, 6) is 0. The molecule has 0 nitrogen and oxygen atoms in total. The molecule has 0 aromatic carbocycles. The van der Waals surface area contributed by atoms with Gasteiger partial charge in [0.2, 0.25) is 0 Å². The van der Waals surface area contributed by atoms with Gasteiger partial charge in [0, 0.05) is 9.52 Å². The van der Waals surface area contributed by atoms with Crippen LogP contribution in [0.25, 0.3) is 0 Å². The van der Waals surface area contributed by atoms with E-state index in [1.807, 2.05) is 0 Å². The van der Waals surface area contributed by atoms with Crippen LogP contribution in [0.4, 0.5) is 0 Å². The van der Waals surface area contributed by atoms with Gasteiger partial charge in [0.1, 0.15) is 0 Å². The SMILES string of the molecule is CCCCCC[Si]C[CH2][Al]([CH2]C)[CH2]C. The fourth-order valence-electron chi connectivity index (χ4n) is 1.80. The van der Waals surface area contributed by atoms with Crippen LogP contribution in [0.15, 0.2) is 0 Å². The fraction of sp³-hybridized carbons (Fsp3) is 1.00. The van der Waals surface area contributed by atoms with E-state index in [-0.39, 0.29) is 14.1 Å². The Morgan fingerprint density at radius 1 is 0.857 bits per heavy atom. The first-order valence-corrected chi connectivity index (χ1v) is 10.4. The molecule has 0 spiro atoms. The van der Waals surface area contributed by atoms with Crippen molar-refractivity contribution in [3.05, 3.63) is 0 Å². The van der Waals surface area contributed by atoms with Gasteiger partial charge >= 0.3 is 0 Å². The second-order valence-corrected chi connectivity index (χ2v) is 9.72. The Kier molecular flexibility index (Phi) is 12.5. The van der Waals surface area contributed by atoms with E-state index in [1.54, 1.807) is 11.3 Å². The van der Waals surface area contributed by atoms with E-state index < -0.39 is 0 Å². The molecule has 0 saturated carbocycles. The molecule has 82 valence electrons. The van der Waals surface area contributed by atoms with Gasteiger partial charge in [-0.3, -0.25) is 0 Å². The Labute approximate surface area is 98.1 Å². The van der Waals surface area contributed by atoms with Crippen LogP contribution in [0.2, 0.25) is 27.9 Å². The Morgan fingerprint density at radius 3 is 2.14 bits per heavy atom. The summed E-state index contributed by atoms with van der Waals surface area (Å²) in [6.07, 6.45) is 5.80. The minimum Gasteiger partial charge on any atom is -0.0967 e. The van der Waals surface area contributed by atoms with Gasteiger partial charge in [-0.1, -0.05) is 74.4 Å². The van der Waals surface area contributed by atoms with E-state index in [2.05, 4.69) is 20.8 Å². The molecule has 0 N–H and O–H groups in total. The highest BCUT2D eigenvalue weighted by molar-refractivity contribution is 6.59. The van der Waals surface area contributed by atoms with Crippen LogP contribution in [0, 0.1) is 0 Å². The molecule has 0 aromatic rings. The molecular weight excluding hydrogens is 199 g/mol. The number of hydrogen-bond acceptors (Lipinski definition) is 0. The number of rotatable bonds is 10. The highest BCUT2D eigenvalue weighted by Gasteiger charge is 2.10. The van der Waals surface area contributed by atoms with E-state index in [1.165, 1.54) is 51.8 Å². The average Bonchev–Trinajstić information content (AvgIpc) is 2.22. The third-order valence-electron chi connectivity index (χ3n) is 3.09. The predicted octanol–water partition coefficient (Wildman–Crippen LogP) is 4.64. The first-order chi connectivity index (χ1) is 6.85. The molecule has 0 amide bonds.